The van der Waals surface area contributed by atoms with E-state index in [1.54, 1.807) is 0 Å². The fourth-order valence-corrected chi connectivity index (χ4v) is 0.360. The Balaban J connectivity index is 3.95. The number of ketones is 1. The molecule has 0 aliphatic carbocycles. The van der Waals surface area contributed by atoms with Crippen molar-refractivity contribution in [2.75, 3.05) is 0 Å². The summed E-state index contributed by atoms with van der Waals surface area (Å²) in [5.41, 5.74) is 0. The molecule has 0 aromatic heterocycles. The Hall–Kier alpha value is -1.39. The van der Waals surface area contributed by atoms with E-state index in [1.165, 1.54) is 6.92 Å². The van der Waals surface area contributed by atoms with E-state index in [9.17, 15) is 14.4 Å². The lowest BCUT2D eigenvalue weighted by Crippen LogP contribution is -2.41. The summed E-state index contributed by atoms with van der Waals surface area (Å²) in [7, 11) is 0. The summed E-state index contributed by atoms with van der Waals surface area (Å²) in [5, 5.41) is 10.3. The van der Waals surface area contributed by atoms with E-state index in [0.717, 1.165) is 6.92 Å². The highest BCUT2D eigenvalue weighted by Crippen LogP contribution is 1.81. The number of carboxylic acid groups (broad SMARTS) is 1. The molecular weight excluding hydrogens is 150 g/mol. The first-order valence-corrected chi connectivity index (χ1v) is 2.99. The molecule has 5 heteroatoms. The normalized spacial score (nSPS) is 11.8. The van der Waals surface area contributed by atoms with Crippen LogP contribution in [0.3, 0.4) is 0 Å². The second-order valence-electron chi connectivity index (χ2n) is 2.09. The standard InChI is InChI=1S/C6H9NO4/c1-3(6(10)11)7-5(9)4(2)8/h3H,1-2H3,(H,7,9)(H,10,11)/t3-/m1/s1. The lowest BCUT2D eigenvalue weighted by molar-refractivity contribution is -0.143. The number of carbonyl (C=O) groups excluding carboxylic acids is 2. The molecule has 0 aliphatic rings. The van der Waals surface area contributed by atoms with E-state index in [2.05, 4.69) is 0 Å². The number of aliphatic carboxylic acids is 1. The highest BCUT2D eigenvalue weighted by Gasteiger charge is 2.15. The van der Waals surface area contributed by atoms with Crippen LogP contribution in [0.5, 0.6) is 0 Å². The van der Waals surface area contributed by atoms with Crippen LogP contribution in [0.15, 0.2) is 0 Å². The summed E-state index contributed by atoms with van der Waals surface area (Å²) >= 11 is 0. The SMILES string of the molecule is CC(=O)C(=O)N[C@H](C)C(=O)O. The number of carboxylic acids is 1. The van der Waals surface area contributed by atoms with Crippen LogP contribution in [0.25, 0.3) is 0 Å². The van der Waals surface area contributed by atoms with Gasteiger partial charge in [0.1, 0.15) is 6.04 Å². The average molecular weight is 159 g/mol. The van der Waals surface area contributed by atoms with Crippen molar-refractivity contribution in [2.45, 2.75) is 19.9 Å². The quantitative estimate of drug-likeness (QED) is 0.526. The zero-order chi connectivity index (χ0) is 9.02. The molecule has 0 aromatic rings. The van der Waals surface area contributed by atoms with Crippen molar-refractivity contribution in [3.8, 4) is 0 Å². The highest BCUT2D eigenvalue weighted by molar-refractivity contribution is 6.35. The first-order chi connectivity index (χ1) is 4.95. The molecular formula is C6H9NO4. The summed E-state index contributed by atoms with van der Waals surface area (Å²) in [6, 6.07) is -1.02. The number of amides is 1. The van der Waals surface area contributed by atoms with E-state index in [-0.39, 0.29) is 0 Å². The lowest BCUT2D eigenvalue weighted by atomic mass is 10.3. The molecule has 0 fully saturated rings. The molecule has 0 rings (SSSR count). The second-order valence-corrected chi connectivity index (χ2v) is 2.09. The molecule has 0 aliphatic heterocycles. The maximum absolute atomic E-state index is 10.5. The number of hydrogen-bond donors (Lipinski definition) is 2. The van der Waals surface area contributed by atoms with Gasteiger partial charge in [0.2, 0.25) is 5.78 Å². The summed E-state index contributed by atoms with van der Waals surface area (Å²) < 4.78 is 0. The molecule has 0 bridgehead atoms. The van der Waals surface area contributed by atoms with Crippen LogP contribution in [-0.4, -0.2) is 28.8 Å². The molecule has 0 heterocycles. The molecule has 0 aromatic carbocycles. The molecule has 2 N–H and O–H groups in total. The van der Waals surface area contributed by atoms with Gasteiger partial charge in [0.15, 0.2) is 0 Å². The zero-order valence-corrected chi connectivity index (χ0v) is 6.25. The molecule has 0 saturated carbocycles. The minimum atomic E-state index is -1.17. The predicted molar refractivity (Wildman–Crippen MR) is 35.9 cm³/mol. The van der Waals surface area contributed by atoms with Gasteiger partial charge in [0.25, 0.3) is 5.91 Å². The van der Waals surface area contributed by atoms with Gasteiger partial charge >= 0.3 is 5.97 Å². The molecule has 62 valence electrons. The highest BCUT2D eigenvalue weighted by atomic mass is 16.4. The molecule has 0 saturated heterocycles. The van der Waals surface area contributed by atoms with Gasteiger partial charge in [0.05, 0.1) is 0 Å². The first-order valence-electron chi connectivity index (χ1n) is 2.99. The van der Waals surface area contributed by atoms with Crippen LogP contribution < -0.4 is 5.32 Å². The third-order valence-electron chi connectivity index (χ3n) is 1.04. The number of Topliss-reactive ketones (excluding diaryl/α,β-unsaturated/α-hetero) is 1. The van der Waals surface area contributed by atoms with E-state index in [4.69, 9.17) is 5.11 Å². The number of hydrogen-bond acceptors (Lipinski definition) is 3. The molecule has 11 heavy (non-hydrogen) atoms. The minimum absolute atomic E-state index is 0.696. The van der Waals surface area contributed by atoms with Crippen molar-refractivity contribution < 1.29 is 19.5 Å². The van der Waals surface area contributed by atoms with Crippen LogP contribution in [0, 0.1) is 0 Å². The minimum Gasteiger partial charge on any atom is -0.480 e. The van der Waals surface area contributed by atoms with Crippen LogP contribution >= 0.6 is 0 Å². The van der Waals surface area contributed by atoms with E-state index in [0.29, 0.717) is 0 Å². The molecule has 1 atom stereocenters. The third kappa shape index (κ3) is 3.34. The van der Waals surface area contributed by atoms with Crippen molar-refractivity contribution in [1.29, 1.82) is 0 Å². The Morgan fingerprint density at radius 1 is 1.36 bits per heavy atom. The summed E-state index contributed by atoms with van der Waals surface area (Å²) in [6.07, 6.45) is 0. The maximum Gasteiger partial charge on any atom is 0.325 e. The molecule has 0 radical (unpaired) electrons. The Kier molecular flexibility index (Phi) is 3.23. The molecule has 5 nitrogen and oxygen atoms in total. The third-order valence-corrected chi connectivity index (χ3v) is 1.04. The Bertz CT molecular complexity index is 199. The molecule has 1 amide bonds. The van der Waals surface area contributed by atoms with Crippen molar-refractivity contribution in [1.82, 2.24) is 5.32 Å². The van der Waals surface area contributed by atoms with Gasteiger partial charge < -0.3 is 10.4 Å². The maximum atomic E-state index is 10.5. The van der Waals surface area contributed by atoms with Gasteiger partial charge in [-0.15, -0.1) is 0 Å². The average Bonchev–Trinajstić information content (AvgIpc) is 1.87. The van der Waals surface area contributed by atoms with E-state index in [1.807, 2.05) is 5.32 Å². The van der Waals surface area contributed by atoms with Crippen molar-refractivity contribution in [3.63, 3.8) is 0 Å². The van der Waals surface area contributed by atoms with Crippen molar-refractivity contribution in [2.24, 2.45) is 0 Å². The Morgan fingerprint density at radius 2 is 1.82 bits per heavy atom. The molecule has 0 unspecified atom stereocenters. The van der Waals surface area contributed by atoms with E-state index >= 15 is 0 Å². The van der Waals surface area contributed by atoms with Gasteiger partial charge in [0, 0.05) is 6.92 Å². The molecule has 0 spiro atoms. The van der Waals surface area contributed by atoms with Gasteiger partial charge in [-0.2, -0.15) is 0 Å². The number of nitrogens with one attached hydrogen (secondary N) is 1. The van der Waals surface area contributed by atoms with Gasteiger partial charge in [-0.05, 0) is 6.92 Å². The zero-order valence-electron chi connectivity index (χ0n) is 6.25. The van der Waals surface area contributed by atoms with Gasteiger partial charge in [-0.3, -0.25) is 14.4 Å². The van der Waals surface area contributed by atoms with Crippen molar-refractivity contribution >= 4 is 17.7 Å². The largest absolute Gasteiger partial charge is 0.480 e. The smallest absolute Gasteiger partial charge is 0.325 e. The van der Waals surface area contributed by atoms with E-state index < -0.39 is 23.7 Å². The Labute approximate surface area is 63.4 Å². The second kappa shape index (κ2) is 3.70. The Morgan fingerprint density at radius 3 is 2.09 bits per heavy atom. The fourth-order valence-electron chi connectivity index (χ4n) is 0.360. The summed E-state index contributed by atoms with van der Waals surface area (Å²) in [4.78, 5) is 31.0. The lowest BCUT2D eigenvalue weighted by Gasteiger charge is -2.05. The van der Waals surface area contributed by atoms with Gasteiger partial charge in [-0.1, -0.05) is 0 Å². The van der Waals surface area contributed by atoms with Crippen molar-refractivity contribution in [3.05, 3.63) is 0 Å². The first kappa shape index (κ1) is 9.61. The van der Waals surface area contributed by atoms with Crippen LogP contribution in [0.1, 0.15) is 13.8 Å². The summed E-state index contributed by atoms with van der Waals surface area (Å²) in [6.45, 7) is 2.35. The van der Waals surface area contributed by atoms with Crippen LogP contribution in [0.2, 0.25) is 0 Å². The van der Waals surface area contributed by atoms with Crippen LogP contribution in [0.4, 0.5) is 0 Å². The fraction of sp³-hybridized carbons (Fsp3) is 0.500. The number of rotatable bonds is 3. The summed E-state index contributed by atoms with van der Waals surface area (Å²) in [5.74, 6) is -2.74. The predicted octanol–water partition coefficient (Wildman–Crippen LogP) is -0.835. The van der Waals surface area contributed by atoms with Crippen LogP contribution in [-0.2, 0) is 14.4 Å². The monoisotopic (exact) mass is 159 g/mol. The van der Waals surface area contributed by atoms with Gasteiger partial charge in [-0.25, -0.2) is 0 Å². The number of carbonyl (C=O) groups is 3. The topological polar surface area (TPSA) is 83.5 Å².